The molecule has 0 atom stereocenters. The standard InChI is InChI=1S/C29H32N4O4/c1-33(2)21-10-7-19(8-11-21)18-30-29-24-16-26(36-5)27(37-6)17-25(24)31-28(32-29)12-9-20-13-22(34-3)15-23(14-20)35-4/h7-17H,18H2,1-6H3,(H,30,31,32)/b12-9+. The Morgan fingerprint density at radius 2 is 1.41 bits per heavy atom. The first kappa shape index (κ1) is 25.6. The largest absolute Gasteiger partial charge is 0.497 e. The topological polar surface area (TPSA) is 78.0 Å². The SMILES string of the molecule is COc1cc(/C=C/c2nc(NCc3ccc(N(C)C)cc3)c3cc(OC)c(OC)cc3n2)cc(OC)c1. The lowest BCUT2D eigenvalue weighted by molar-refractivity contribution is 0.356. The van der Waals surface area contributed by atoms with E-state index in [0.717, 1.165) is 27.7 Å². The van der Waals surface area contributed by atoms with E-state index in [1.165, 1.54) is 0 Å². The predicted octanol–water partition coefficient (Wildman–Crippen LogP) is 5.51. The van der Waals surface area contributed by atoms with Crippen LogP contribution in [0.4, 0.5) is 11.5 Å². The van der Waals surface area contributed by atoms with Crippen molar-refractivity contribution in [1.82, 2.24) is 9.97 Å². The van der Waals surface area contributed by atoms with Gasteiger partial charge in [0.2, 0.25) is 0 Å². The second-order valence-corrected chi connectivity index (χ2v) is 8.55. The van der Waals surface area contributed by atoms with Crippen LogP contribution in [0.25, 0.3) is 23.1 Å². The average molecular weight is 501 g/mol. The summed E-state index contributed by atoms with van der Waals surface area (Å²) in [6.07, 6.45) is 3.79. The number of nitrogens with one attached hydrogen (secondary N) is 1. The fourth-order valence-corrected chi connectivity index (χ4v) is 3.88. The van der Waals surface area contributed by atoms with Gasteiger partial charge in [0, 0.05) is 43.8 Å². The Morgan fingerprint density at radius 3 is 2.00 bits per heavy atom. The summed E-state index contributed by atoms with van der Waals surface area (Å²) in [5.41, 5.74) is 3.93. The third kappa shape index (κ3) is 6.03. The minimum Gasteiger partial charge on any atom is -0.497 e. The van der Waals surface area contributed by atoms with Crippen molar-refractivity contribution >= 4 is 34.6 Å². The van der Waals surface area contributed by atoms with Crippen LogP contribution in [0.1, 0.15) is 17.0 Å². The van der Waals surface area contributed by atoms with Crippen molar-refractivity contribution in [2.45, 2.75) is 6.54 Å². The van der Waals surface area contributed by atoms with Crippen LogP contribution in [0.3, 0.4) is 0 Å². The normalized spacial score (nSPS) is 11.0. The number of hydrogen-bond donors (Lipinski definition) is 1. The van der Waals surface area contributed by atoms with Crippen molar-refractivity contribution in [3.05, 3.63) is 71.5 Å². The lowest BCUT2D eigenvalue weighted by Gasteiger charge is -2.15. The zero-order valence-corrected chi connectivity index (χ0v) is 22.0. The van der Waals surface area contributed by atoms with Crippen LogP contribution in [0.5, 0.6) is 23.0 Å². The molecule has 0 aliphatic heterocycles. The van der Waals surface area contributed by atoms with Crippen molar-refractivity contribution in [3.63, 3.8) is 0 Å². The molecule has 0 bridgehead atoms. The molecule has 4 rings (SSSR count). The molecule has 0 fully saturated rings. The number of methoxy groups -OCH3 is 4. The van der Waals surface area contributed by atoms with Gasteiger partial charge in [-0.25, -0.2) is 9.97 Å². The highest BCUT2D eigenvalue weighted by Crippen LogP contribution is 2.34. The van der Waals surface area contributed by atoms with Gasteiger partial charge in [0.05, 0.1) is 34.0 Å². The summed E-state index contributed by atoms with van der Waals surface area (Å²) < 4.78 is 21.8. The molecule has 0 amide bonds. The summed E-state index contributed by atoms with van der Waals surface area (Å²) in [5.74, 6) is 3.88. The maximum Gasteiger partial charge on any atom is 0.162 e. The minimum absolute atomic E-state index is 0.548. The van der Waals surface area contributed by atoms with E-state index >= 15 is 0 Å². The van der Waals surface area contributed by atoms with Gasteiger partial charge in [0.25, 0.3) is 0 Å². The van der Waals surface area contributed by atoms with Gasteiger partial charge in [-0.1, -0.05) is 18.2 Å². The van der Waals surface area contributed by atoms with E-state index < -0.39 is 0 Å². The summed E-state index contributed by atoms with van der Waals surface area (Å²) >= 11 is 0. The number of rotatable bonds is 10. The molecule has 0 unspecified atom stereocenters. The summed E-state index contributed by atoms with van der Waals surface area (Å²) in [6, 6.07) is 17.8. The molecule has 192 valence electrons. The third-order valence-electron chi connectivity index (χ3n) is 5.93. The number of hydrogen-bond acceptors (Lipinski definition) is 8. The second-order valence-electron chi connectivity index (χ2n) is 8.55. The molecule has 3 aromatic carbocycles. The van der Waals surface area contributed by atoms with E-state index in [-0.39, 0.29) is 0 Å². The molecule has 0 saturated heterocycles. The number of benzene rings is 3. The monoisotopic (exact) mass is 500 g/mol. The lowest BCUT2D eigenvalue weighted by Crippen LogP contribution is -2.09. The van der Waals surface area contributed by atoms with Gasteiger partial charge in [-0.05, 0) is 47.5 Å². The first-order valence-corrected chi connectivity index (χ1v) is 11.8. The minimum atomic E-state index is 0.548. The zero-order valence-electron chi connectivity index (χ0n) is 22.0. The average Bonchev–Trinajstić information content (AvgIpc) is 2.93. The van der Waals surface area contributed by atoms with Crippen LogP contribution in [0, 0.1) is 0 Å². The Labute approximate surface area is 217 Å². The molecule has 1 aromatic heterocycles. The van der Waals surface area contributed by atoms with Crippen molar-refractivity contribution in [2.24, 2.45) is 0 Å². The summed E-state index contributed by atoms with van der Waals surface area (Å²) in [5, 5.41) is 4.32. The van der Waals surface area contributed by atoms with Crippen LogP contribution >= 0.6 is 0 Å². The van der Waals surface area contributed by atoms with Crippen molar-refractivity contribution < 1.29 is 18.9 Å². The van der Waals surface area contributed by atoms with Crippen molar-refractivity contribution in [1.29, 1.82) is 0 Å². The molecule has 37 heavy (non-hydrogen) atoms. The smallest absolute Gasteiger partial charge is 0.162 e. The highest BCUT2D eigenvalue weighted by atomic mass is 16.5. The first-order chi connectivity index (χ1) is 17.9. The van der Waals surface area contributed by atoms with Crippen LogP contribution in [0.15, 0.2) is 54.6 Å². The van der Waals surface area contributed by atoms with Gasteiger partial charge in [-0.2, -0.15) is 0 Å². The van der Waals surface area contributed by atoms with Crippen LogP contribution in [0.2, 0.25) is 0 Å². The lowest BCUT2D eigenvalue weighted by atomic mass is 10.1. The van der Waals surface area contributed by atoms with Gasteiger partial charge < -0.3 is 29.2 Å². The summed E-state index contributed by atoms with van der Waals surface area (Å²) in [4.78, 5) is 11.7. The summed E-state index contributed by atoms with van der Waals surface area (Å²) in [6.45, 7) is 0.602. The zero-order chi connectivity index (χ0) is 26.4. The Balaban J connectivity index is 1.71. The number of nitrogens with zero attached hydrogens (tertiary/aromatic N) is 3. The molecule has 1 heterocycles. The predicted molar refractivity (Wildman–Crippen MR) is 149 cm³/mol. The summed E-state index contributed by atoms with van der Waals surface area (Å²) in [7, 11) is 10.5. The molecule has 0 spiro atoms. The Hall–Kier alpha value is -4.46. The fourth-order valence-electron chi connectivity index (χ4n) is 3.88. The maximum absolute atomic E-state index is 5.53. The van der Waals surface area contributed by atoms with E-state index in [4.69, 9.17) is 28.9 Å². The highest BCUT2D eigenvalue weighted by molar-refractivity contribution is 5.92. The van der Waals surface area contributed by atoms with E-state index in [1.807, 2.05) is 56.6 Å². The number of fused-ring (bicyclic) bond motifs is 1. The van der Waals surface area contributed by atoms with E-state index in [0.29, 0.717) is 41.2 Å². The van der Waals surface area contributed by atoms with E-state index in [1.54, 1.807) is 28.4 Å². The van der Waals surface area contributed by atoms with Crippen LogP contribution in [-0.2, 0) is 6.54 Å². The molecule has 8 nitrogen and oxygen atoms in total. The van der Waals surface area contributed by atoms with E-state index in [2.05, 4.69) is 34.5 Å². The molecule has 1 N–H and O–H groups in total. The molecule has 0 aliphatic rings. The molecule has 0 aliphatic carbocycles. The number of aromatic nitrogens is 2. The third-order valence-corrected chi connectivity index (χ3v) is 5.93. The van der Waals surface area contributed by atoms with Crippen molar-refractivity contribution in [3.8, 4) is 23.0 Å². The Morgan fingerprint density at radius 1 is 0.757 bits per heavy atom. The Bertz CT molecular complexity index is 1380. The quantitative estimate of drug-likeness (QED) is 0.305. The highest BCUT2D eigenvalue weighted by Gasteiger charge is 2.13. The molecule has 4 aromatic rings. The molecular weight excluding hydrogens is 468 g/mol. The van der Waals surface area contributed by atoms with Gasteiger partial charge >= 0.3 is 0 Å². The van der Waals surface area contributed by atoms with Gasteiger partial charge in [0.1, 0.15) is 17.3 Å². The molecule has 8 heteroatoms. The first-order valence-electron chi connectivity index (χ1n) is 11.8. The van der Waals surface area contributed by atoms with Crippen molar-refractivity contribution in [2.75, 3.05) is 52.8 Å². The van der Waals surface area contributed by atoms with Gasteiger partial charge in [-0.15, -0.1) is 0 Å². The second kappa shape index (κ2) is 11.5. The molecule has 0 radical (unpaired) electrons. The van der Waals surface area contributed by atoms with Gasteiger partial charge in [0.15, 0.2) is 17.3 Å². The molecular formula is C29H32N4O4. The molecule has 0 saturated carbocycles. The van der Waals surface area contributed by atoms with Crippen LogP contribution in [-0.4, -0.2) is 52.5 Å². The maximum atomic E-state index is 5.53. The van der Waals surface area contributed by atoms with Crippen LogP contribution < -0.4 is 29.2 Å². The van der Waals surface area contributed by atoms with E-state index in [9.17, 15) is 0 Å². The number of anilines is 2. The Kier molecular flexibility index (Phi) is 7.98. The number of ether oxygens (including phenoxy) is 4. The van der Waals surface area contributed by atoms with Gasteiger partial charge in [-0.3, -0.25) is 0 Å². The fraction of sp³-hybridized carbons (Fsp3) is 0.241.